The van der Waals surface area contributed by atoms with Gasteiger partial charge in [-0.1, -0.05) is 0 Å². The number of rotatable bonds is 2. The molecule has 1 aromatic heterocycles. The SMILES string of the molecule is C[C@@H]1COC[C@H]2COc3c(nc(Br)nc3C(C)(C)S(C)(=O)=O)N21. The van der Waals surface area contributed by atoms with Crippen molar-refractivity contribution in [3.05, 3.63) is 10.4 Å². The molecule has 7 nitrogen and oxygen atoms in total. The molecule has 2 aliphatic rings. The molecule has 1 fully saturated rings. The fourth-order valence-electron chi connectivity index (χ4n) is 2.89. The van der Waals surface area contributed by atoms with Crippen molar-refractivity contribution in [2.45, 2.75) is 37.6 Å². The Hall–Kier alpha value is -0.930. The van der Waals surface area contributed by atoms with Crippen molar-refractivity contribution in [2.75, 3.05) is 31.0 Å². The van der Waals surface area contributed by atoms with E-state index in [-0.39, 0.29) is 12.1 Å². The average Bonchev–Trinajstić information content (AvgIpc) is 2.44. The highest BCUT2D eigenvalue weighted by atomic mass is 79.9. The van der Waals surface area contributed by atoms with Crippen molar-refractivity contribution < 1.29 is 17.9 Å². The molecule has 128 valence electrons. The van der Waals surface area contributed by atoms with Gasteiger partial charge in [0.25, 0.3) is 0 Å². The second-order valence-corrected chi connectivity index (χ2v) is 9.81. The standard InChI is InChI=1S/C14H20BrN3O4S/c1-8-5-21-6-9-7-22-10-11(14(2,3)23(4,19)20)16-13(15)17-12(10)18(8)9/h8-9H,5-7H2,1-4H3/t8-,9+/m1/s1. The van der Waals surface area contributed by atoms with Gasteiger partial charge < -0.3 is 14.4 Å². The number of hydrogen-bond acceptors (Lipinski definition) is 7. The summed E-state index contributed by atoms with van der Waals surface area (Å²) in [5.41, 5.74) is 0.383. The Morgan fingerprint density at radius 1 is 1.26 bits per heavy atom. The van der Waals surface area contributed by atoms with Crippen LogP contribution in [0.2, 0.25) is 0 Å². The second kappa shape index (κ2) is 5.56. The minimum absolute atomic E-state index is 0.0715. The monoisotopic (exact) mass is 405 g/mol. The van der Waals surface area contributed by atoms with Gasteiger partial charge in [0.1, 0.15) is 17.0 Å². The van der Waals surface area contributed by atoms with Crippen LogP contribution in [0.1, 0.15) is 26.5 Å². The van der Waals surface area contributed by atoms with E-state index in [1.165, 1.54) is 6.26 Å². The maximum atomic E-state index is 12.2. The van der Waals surface area contributed by atoms with Crippen LogP contribution >= 0.6 is 15.9 Å². The van der Waals surface area contributed by atoms with Crippen molar-refractivity contribution in [3.8, 4) is 5.75 Å². The van der Waals surface area contributed by atoms with Gasteiger partial charge in [-0.15, -0.1) is 0 Å². The van der Waals surface area contributed by atoms with Gasteiger partial charge in [-0.2, -0.15) is 0 Å². The molecular formula is C14H20BrN3O4S. The largest absolute Gasteiger partial charge is 0.486 e. The first-order chi connectivity index (χ1) is 10.6. The number of fused-ring (bicyclic) bond motifs is 3. The number of ether oxygens (including phenoxy) is 2. The molecular weight excluding hydrogens is 386 g/mol. The summed E-state index contributed by atoms with van der Waals surface area (Å²) >= 11 is 3.31. The maximum Gasteiger partial charge on any atom is 0.199 e. The molecule has 9 heteroatoms. The van der Waals surface area contributed by atoms with Gasteiger partial charge in [-0.05, 0) is 36.7 Å². The van der Waals surface area contributed by atoms with Crippen LogP contribution in [0.3, 0.4) is 0 Å². The lowest BCUT2D eigenvalue weighted by atomic mass is 10.0. The van der Waals surface area contributed by atoms with Crippen LogP contribution in [0.25, 0.3) is 0 Å². The van der Waals surface area contributed by atoms with Gasteiger partial charge in [0.05, 0.1) is 25.3 Å². The minimum Gasteiger partial charge on any atom is -0.486 e. The Labute approximate surface area is 144 Å². The number of aromatic nitrogens is 2. The third-order valence-electron chi connectivity index (χ3n) is 4.52. The molecule has 0 amide bonds. The molecule has 3 heterocycles. The van der Waals surface area contributed by atoms with Gasteiger partial charge >= 0.3 is 0 Å². The fourth-order valence-corrected chi connectivity index (χ4v) is 3.72. The lowest BCUT2D eigenvalue weighted by molar-refractivity contribution is 0.0481. The highest BCUT2D eigenvalue weighted by Gasteiger charge is 2.43. The van der Waals surface area contributed by atoms with E-state index in [0.29, 0.717) is 41.8 Å². The summed E-state index contributed by atoms with van der Waals surface area (Å²) in [5.74, 6) is 1.08. The Balaban J connectivity index is 2.20. The summed E-state index contributed by atoms with van der Waals surface area (Å²) in [7, 11) is -3.38. The van der Waals surface area contributed by atoms with Gasteiger partial charge in [0.2, 0.25) is 0 Å². The Bertz CT molecular complexity index is 738. The topological polar surface area (TPSA) is 81.6 Å². The van der Waals surface area contributed by atoms with E-state index in [2.05, 4.69) is 37.7 Å². The molecule has 0 aliphatic carbocycles. The van der Waals surface area contributed by atoms with Crippen LogP contribution in [0.15, 0.2) is 4.73 Å². The number of morpholine rings is 1. The van der Waals surface area contributed by atoms with E-state index in [1.807, 2.05) is 0 Å². The van der Waals surface area contributed by atoms with E-state index in [4.69, 9.17) is 9.47 Å². The first-order valence-electron chi connectivity index (χ1n) is 7.39. The molecule has 3 rings (SSSR count). The molecule has 0 aromatic carbocycles. The molecule has 2 atom stereocenters. The predicted molar refractivity (Wildman–Crippen MR) is 89.6 cm³/mol. The summed E-state index contributed by atoms with van der Waals surface area (Å²) in [6.07, 6.45) is 1.21. The molecule has 1 aromatic rings. The van der Waals surface area contributed by atoms with E-state index in [9.17, 15) is 8.42 Å². The molecule has 0 spiro atoms. The molecule has 2 aliphatic heterocycles. The van der Waals surface area contributed by atoms with Crippen molar-refractivity contribution in [2.24, 2.45) is 0 Å². The first kappa shape index (κ1) is 16.9. The summed E-state index contributed by atoms with van der Waals surface area (Å²) in [5, 5.41) is 0. The third kappa shape index (κ3) is 2.72. The Morgan fingerprint density at radius 2 is 1.96 bits per heavy atom. The number of halogens is 1. The number of anilines is 1. The van der Waals surface area contributed by atoms with E-state index in [0.717, 1.165) is 0 Å². The van der Waals surface area contributed by atoms with E-state index in [1.54, 1.807) is 13.8 Å². The lowest BCUT2D eigenvalue weighted by Crippen LogP contribution is -2.56. The van der Waals surface area contributed by atoms with Crippen LogP contribution in [0.5, 0.6) is 5.75 Å². The molecule has 1 saturated heterocycles. The number of nitrogens with zero attached hydrogens (tertiary/aromatic N) is 3. The predicted octanol–water partition coefficient (Wildman–Crippen LogP) is 1.50. The normalized spacial score (nSPS) is 24.7. The number of sulfone groups is 1. The van der Waals surface area contributed by atoms with Crippen LogP contribution in [-0.2, 0) is 19.3 Å². The van der Waals surface area contributed by atoms with Crippen molar-refractivity contribution in [1.29, 1.82) is 0 Å². The van der Waals surface area contributed by atoms with Crippen LogP contribution in [-0.4, -0.2) is 56.5 Å². The van der Waals surface area contributed by atoms with E-state index >= 15 is 0 Å². The van der Waals surface area contributed by atoms with Gasteiger partial charge in [0, 0.05) is 6.26 Å². The molecule has 0 radical (unpaired) electrons. The van der Waals surface area contributed by atoms with Crippen molar-refractivity contribution in [1.82, 2.24) is 9.97 Å². The summed E-state index contributed by atoms with van der Waals surface area (Å²) in [4.78, 5) is 10.9. The molecule has 0 bridgehead atoms. The third-order valence-corrected chi connectivity index (χ3v) is 6.92. The van der Waals surface area contributed by atoms with Gasteiger partial charge in [-0.3, -0.25) is 0 Å². The van der Waals surface area contributed by atoms with E-state index < -0.39 is 14.6 Å². The fraction of sp³-hybridized carbons (Fsp3) is 0.714. The zero-order valence-corrected chi connectivity index (χ0v) is 15.9. The van der Waals surface area contributed by atoms with Crippen molar-refractivity contribution >= 4 is 31.6 Å². The first-order valence-corrected chi connectivity index (χ1v) is 10.1. The van der Waals surface area contributed by atoms with Crippen LogP contribution < -0.4 is 9.64 Å². The van der Waals surface area contributed by atoms with Gasteiger partial charge in [-0.25, -0.2) is 18.4 Å². The van der Waals surface area contributed by atoms with Crippen LogP contribution in [0.4, 0.5) is 5.82 Å². The smallest absolute Gasteiger partial charge is 0.199 e. The van der Waals surface area contributed by atoms with Crippen molar-refractivity contribution in [3.63, 3.8) is 0 Å². The van der Waals surface area contributed by atoms with Crippen LogP contribution in [0, 0.1) is 0 Å². The second-order valence-electron chi connectivity index (χ2n) is 6.54. The lowest BCUT2D eigenvalue weighted by Gasteiger charge is -2.45. The minimum atomic E-state index is -3.38. The molecule has 0 unspecified atom stereocenters. The Kier molecular flexibility index (Phi) is 4.09. The summed E-state index contributed by atoms with van der Waals surface area (Å²) in [6, 6.07) is 0.203. The Morgan fingerprint density at radius 3 is 2.61 bits per heavy atom. The maximum absolute atomic E-state index is 12.2. The summed E-state index contributed by atoms with van der Waals surface area (Å²) in [6.45, 7) is 6.91. The number of hydrogen-bond donors (Lipinski definition) is 0. The summed E-state index contributed by atoms with van der Waals surface area (Å²) < 4.78 is 35.1. The zero-order chi connectivity index (χ0) is 17.0. The quantitative estimate of drug-likeness (QED) is 0.689. The average molecular weight is 406 g/mol. The van der Waals surface area contributed by atoms with Gasteiger partial charge in [0.15, 0.2) is 26.1 Å². The molecule has 0 saturated carbocycles. The molecule has 23 heavy (non-hydrogen) atoms. The highest BCUT2D eigenvalue weighted by Crippen LogP contribution is 2.43. The molecule has 0 N–H and O–H groups in total. The zero-order valence-electron chi connectivity index (χ0n) is 13.5. The highest BCUT2D eigenvalue weighted by molar-refractivity contribution is 9.10.